The van der Waals surface area contributed by atoms with Crippen LogP contribution in [0.3, 0.4) is 0 Å². The minimum Gasteiger partial charge on any atom is -0.376 e. The Labute approximate surface area is 217 Å². The van der Waals surface area contributed by atoms with E-state index in [4.69, 9.17) is 4.74 Å². The number of thiophene rings is 1. The van der Waals surface area contributed by atoms with Crippen molar-refractivity contribution in [2.24, 2.45) is 0 Å². The summed E-state index contributed by atoms with van der Waals surface area (Å²) in [5.41, 5.74) is 2.48. The van der Waals surface area contributed by atoms with Crippen molar-refractivity contribution in [2.45, 2.75) is 39.0 Å². The Balaban J connectivity index is 1.56. The van der Waals surface area contributed by atoms with Gasteiger partial charge in [-0.1, -0.05) is 28.1 Å². The number of rotatable bonds is 9. The fraction of sp³-hybridized carbons (Fsp3) is 0.333. The first-order valence-electron chi connectivity index (χ1n) is 11.6. The number of hydrogen-bond acceptors (Lipinski definition) is 4. The summed E-state index contributed by atoms with van der Waals surface area (Å²) in [5.74, 6) is -0.676. The number of benzene rings is 2. The first kappa shape index (κ1) is 25.5. The van der Waals surface area contributed by atoms with Gasteiger partial charge in [-0.3, -0.25) is 9.59 Å². The molecule has 0 bridgehead atoms. The van der Waals surface area contributed by atoms with Gasteiger partial charge in [0.25, 0.3) is 5.91 Å². The van der Waals surface area contributed by atoms with Crippen LogP contribution in [0.25, 0.3) is 0 Å². The van der Waals surface area contributed by atoms with Gasteiger partial charge in [0.05, 0.1) is 12.6 Å². The van der Waals surface area contributed by atoms with Crippen molar-refractivity contribution in [3.8, 4) is 0 Å². The molecule has 0 aliphatic carbocycles. The summed E-state index contributed by atoms with van der Waals surface area (Å²) in [6.45, 7) is 3.76. The van der Waals surface area contributed by atoms with Crippen molar-refractivity contribution >= 4 is 39.1 Å². The smallest absolute Gasteiger partial charge is 0.254 e. The minimum absolute atomic E-state index is 0.0552. The highest BCUT2D eigenvalue weighted by Crippen LogP contribution is 2.21. The molecular weight excluding hydrogens is 531 g/mol. The van der Waals surface area contributed by atoms with Crippen LogP contribution in [-0.4, -0.2) is 47.4 Å². The summed E-state index contributed by atoms with van der Waals surface area (Å²) < 4.78 is 20.1. The van der Waals surface area contributed by atoms with E-state index in [1.165, 1.54) is 12.1 Å². The zero-order valence-electron chi connectivity index (χ0n) is 19.6. The molecule has 2 heterocycles. The number of hydrogen-bond donors (Lipinski definition) is 0. The van der Waals surface area contributed by atoms with Gasteiger partial charge in [-0.25, -0.2) is 4.39 Å². The van der Waals surface area contributed by atoms with E-state index in [2.05, 4.69) is 15.9 Å². The summed E-state index contributed by atoms with van der Waals surface area (Å²) in [7, 11) is 0. The zero-order valence-corrected chi connectivity index (χ0v) is 22.0. The lowest BCUT2D eigenvalue weighted by molar-refractivity contribution is -0.133. The van der Waals surface area contributed by atoms with Gasteiger partial charge in [-0.2, -0.15) is 0 Å². The molecule has 1 saturated heterocycles. The van der Waals surface area contributed by atoms with Gasteiger partial charge >= 0.3 is 0 Å². The second-order valence-corrected chi connectivity index (χ2v) is 10.6. The van der Waals surface area contributed by atoms with Gasteiger partial charge in [0.15, 0.2) is 0 Å². The molecule has 0 N–H and O–H groups in total. The molecule has 8 heteroatoms. The van der Waals surface area contributed by atoms with Gasteiger partial charge < -0.3 is 14.5 Å². The molecule has 0 spiro atoms. The maximum Gasteiger partial charge on any atom is 0.254 e. The van der Waals surface area contributed by atoms with Crippen molar-refractivity contribution in [3.63, 3.8) is 0 Å². The third kappa shape index (κ3) is 6.99. The van der Waals surface area contributed by atoms with Crippen LogP contribution in [-0.2, 0) is 22.6 Å². The molecule has 1 aliphatic rings. The number of carbonyl (C=O) groups excluding carboxylic acids is 2. The van der Waals surface area contributed by atoms with E-state index in [9.17, 15) is 14.0 Å². The van der Waals surface area contributed by atoms with Crippen molar-refractivity contribution in [1.29, 1.82) is 0 Å². The predicted octanol–water partition coefficient (Wildman–Crippen LogP) is 5.81. The highest BCUT2D eigenvalue weighted by atomic mass is 79.9. The average molecular weight is 560 g/mol. The fourth-order valence-corrected chi connectivity index (χ4v) is 5.26. The Morgan fingerprint density at radius 3 is 2.43 bits per heavy atom. The Bertz CT molecular complexity index is 1140. The summed E-state index contributed by atoms with van der Waals surface area (Å²) >= 11 is 5.00. The number of halogens is 2. The summed E-state index contributed by atoms with van der Waals surface area (Å²) in [6, 6.07) is 15.3. The molecule has 0 saturated carbocycles. The Morgan fingerprint density at radius 2 is 1.80 bits per heavy atom. The van der Waals surface area contributed by atoms with Crippen molar-refractivity contribution in [1.82, 2.24) is 9.80 Å². The lowest BCUT2D eigenvalue weighted by atomic mass is 10.1. The molecule has 1 aliphatic heterocycles. The van der Waals surface area contributed by atoms with Gasteiger partial charge in [-0.15, -0.1) is 11.3 Å². The van der Waals surface area contributed by atoms with Crippen molar-refractivity contribution in [2.75, 3.05) is 19.7 Å². The average Bonchev–Trinajstić information content (AvgIpc) is 3.51. The number of carbonyl (C=O) groups is 2. The Hall–Kier alpha value is -2.55. The first-order chi connectivity index (χ1) is 16.9. The number of aryl methyl sites for hydroxylation is 1. The Morgan fingerprint density at radius 1 is 1.06 bits per heavy atom. The van der Waals surface area contributed by atoms with Crippen LogP contribution in [0.4, 0.5) is 4.39 Å². The lowest BCUT2D eigenvalue weighted by Gasteiger charge is -2.29. The zero-order chi connectivity index (χ0) is 24.8. The van der Waals surface area contributed by atoms with Crippen LogP contribution in [0.5, 0.6) is 0 Å². The normalized spacial score (nSPS) is 15.2. The predicted molar refractivity (Wildman–Crippen MR) is 139 cm³/mol. The molecule has 1 atom stereocenters. The molecule has 1 unspecified atom stereocenters. The van der Waals surface area contributed by atoms with Gasteiger partial charge in [0.2, 0.25) is 5.91 Å². The maximum absolute atomic E-state index is 13.6. The third-order valence-electron chi connectivity index (χ3n) is 6.09. The molecule has 1 aromatic heterocycles. The van der Waals surface area contributed by atoms with E-state index in [1.54, 1.807) is 45.4 Å². The van der Waals surface area contributed by atoms with Crippen LogP contribution in [0.1, 0.15) is 39.2 Å². The van der Waals surface area contributed by atoms with E-state index < -0.39 is 0 Å². The molecule has 35 heavy (non-hydrogen) atoms. The second kappa shape index (κ2) is 11.9. The van der Waals surface area contributed by atoms with Crippen molar-refractivity contribution < 1.29 is 18.7 Å². The first-order valence-corrected chi connectivity index (χ1v) is 13.3. The van der Waals surface area contributed by atoms with E-state index >= 15 is 0 Å². The maximum atomic E-state index is 13.6. The fourth-order valence-electron chi connectivity index (χ4n) is 4.07. The van der Waals surface area contributed by atoms with E-state index in [0.717, 1.165) is 33.3 Å². The van der Waals surface area contributed by atoms with E-state index in [0.29, 0.717) is 31.8 Å². The third-order valence-corrected chi connectivity index (χ3v) is 7.63. The van der Waals surface area contributed by atoms with E-state index in [1.807, 2.05) is 30.5 Å². The molecule has 5 nitrogen and oxygen atoms in total. The van der Waals surface area contributed by atoms with Gasteiger partial charge in [0.1, 0.15) is 12.4 Å². The summed E-state index contributed by atoms with van der Waals surface area (Å²) in [4.78, 5) is 31.5. The van der Waals surface area contributed by atoms with Crippen LogP contribution in [0.2, 0.25) is 0 Å². The van der Waals surface area contributed by atoms with Crippen molar-refractivity contribution in [3.05, 3.63) is 91.8 Å². The molecule has 3 aromatic rings. The topological polar surface area (TPSA) is 49.9 Å². The molecule has 1 fully saturated rings. The molecule has 184 valence electrons. The lowest BCUT2D eigenvalue weighted by Crippen LogP contribution is -2.45. The number of nitrogens with zero attached hydrogens (tertiary/aromatic N) is 2. The highest BCUT2D eigenvalue weighted by molar-refractivity contribution is 9.10. The quantitative estimate of drug-likeness (QED) is 0.333. The van der Waals surface area contributed by atoms with Crippen LogP contribution in [0, 0.1) is 12.7 Å². The summed E-state index contributed by atoms with van der Waals surface area (Å²) in [5, 5.41) is 2.01. The van der Waals surface area contributed by atoms with E-state index in [-0.39, 0.29) is 30.3 Å². The molecule has 2 amide bonds. The largest absolute Gasteiger partial charge is 0.376 e. The van der Waals surface area contributed by atoms with Gasteiger partial charge in [-0.05, 0) is 78.7 Å². The molecule has 0 radical (unpaired) electrons. The van der Waals surface area contributed by atoms with Gasteiger partial charge in [0, 0.05) is 34.6 Å². The molecule has 2 aromatic carbocycles. The molecular formula is C27H28BrFN2O3S. The van der Waals surface area contributed by atoms with Crippen LogP contribution in [0.15, 0.2) is 64.5 Å². The minimum atomic E-state index is -0.316. The SMILES string of the molecule is Cc1ccsc1CN(Cc1ccc(F)cc1)C(=O)CN(CC1CCCO1)C(=O)c1ccc(Br)cc1. The number of ether oxygens (including phenoxy) is 1. The highest BCUT2D eigenvalue weighted by Gasteiger charge is 2.27. The van der Waals surface area contributed by atoms with Crippen LogP contribution < -0.4 is 0 Å². The Kier molecular flexibility index (Phi) is 8.70. The summed E-state index contributed by atoms with van der Waals surface area (Å²) in [6.07, 6.45) is 1.74. The molecule has 4 rings (SSSR count). The van der Waals surface area contributed by atoms with Crippen LogP contribution >= 0.6 is 27.3 Å². The monoisotopic (exact) mass is 558 g/mol. The second-order valence-electron chi connectivity index (χ2n) is 8.73. The standard InChI is InChI=1S/C27H28BrFN2O3S/c1-19-12-14-35-25(19)17-30(15-20-4-10-23(29)11-5-20)26(32)18-31(16-24-3-2-13-34-24)27(33)21-6-8-22(28)9-7-21/h4-12,14,24H,2-3,13,15-18H2,1H3. The number of amides is 2.